The van der Waals surface area contributed by atoms with Crippen LogP contribution in [0.3, 0.4) is 0 Å². The zero-order valence-corrected chi connectivity index (χ0v) is 8.69. The van der Waals surface area contributed by atoms with Crippen molar-refractivity contribution in [3.05, 3.63) is 12.2 Å². The Bertz CT molecular complexity index is 232. The summed E-state index contributed by atoms with van der Waals surface area (Å²) in [6.07, 6.45) is 2.20. The van der Waals surface area contributed by atoms with Crippen LogP contribution in [0.1, 0.15) is 13.3 Å². The molecule has 0 aliphatic carbocycles. The summed E-state index contributed by atoms with van der Waals surface area (Å²) in [4.78, 5) is 11.1. The second kappa shape index (κ2) is 6.55. The summed E-state index contributed by atoms with van der Waals surface area (Å²) in [6.45, 7) is 5.65. The number of esters is 1. The number of nitrogens with zero attached hydrogens (tertiary/aromatic N) is 1. The predicted molar refractivity (Wildman–Crippen MR) is 53.3 cm³/mol. The highest BCUT2D eigenvalue weighted by Gasteiger charge is 2.13. The van der Waals surface area contributed by atoms with Gasteiger partial charge in [0.05, 0.1) is 17.9 Å². The Morgan fingerprint density at radius 3 is 2.77 bits per heavy atom. The van der Waals surface area contributed by atoms with E-state index in [9.17, 15) is 4.79 Å². The zero-order chi connectivity index (χ0) is 10.3. The SMILES string of the molecule is C=C(CC(C#N)SC)C(=O)OCC. The molecule has 0 saturated heterocycles. The molecule has 13 heavy (non-hydrogen) atoms. The molecule has 0 saturated carbocycles. The molecule has 0 heterocycles. The molecule has 0 aromatic rings. The van der Waals surface area contributed by atoms with Crippen LogP contribution in [0.15, 0.2) is 12.2 Å². The Morgan fingerprint density at radius 1 is 1.77 bits per heavy atom. The minimum atomic E-state index is -0.406. The van der Waals surface area contributed by atoms with Gasteiger partial charge in [-0.1, -0.05) is 6.58 Å². The molecule has 0 radical (unpaired) electrons. The molecule has 4 heteroatoms. The fraction of sp³-hybridized carbons (Fsp3) is 0.556. The summed E-state index contributed by atoms with van der Waals surface area (Å²) in [5.74, 6) is -0.406. The van der Waals surface area contributed by atoms with Crippen molar-refractivity contribution >= 4 is 17.7 Å². The Labute approximate surface area is 82.8 Å². The fourth-order valence-corrected chi connectivity index (χ4v) is 1.20. The van der Waals surface area contributed by atoms with Crippen molar-refractivity contribution < 1.29 is 9.53 Å². The summed E-state index contributed by atoms with van der Waals surface area (Å²) in [6, 6.07) is 2.07. The van der Waals surface area contributed by atoms with Gasteiger partial charge in [0.2, 0.25) is 0 Å². The van der Waals surface area contributed by atoms with Crippen LogP contribution in [-0.2, 0) is 9.53 Å². The lowest BCUT2D eigenvalue weighted by atomic mass is 10.2. The van der Waals surface area contributed by atoms with E-state index in [2.05, 4.69) is 12.6 Å². The van der Waals surface area contributed by atoms with Crippen LogP contribution in [0.4, 0.5) is 0 Å². The van der Waals surface area contributed by atoms with E-state index in [0.717, 1.165) is 0 Å². The van der Waals surface area contributed by atoms with Crippen LogP contribution < -0.4 is 0 Å². The quantitative estimate of drug-likeness (QED) is 0.500. The van der Waals surface area contributed by atoms with Crippen molar-refractivity contribution in [3.8, 4) is 6.07 Å². The van der Waals surface area contributed by atoms with Crippen molar-refractivity contribution in [2.75, 3.05) is 12.9 Å². The number of carbonyl (C=O) groups is 1. The molecule has 0 aliphatic rings. The van der Waals surface area contributed by atoms with E-state index in [1.54, 1.807) is 6.92 Å². The van der Waals surface area contributed by atoms with E-state index in [-0.39, 0.29) is 5.25 Å². The molecule has 0 aromatic carbocycles. The van der Waals surface area contributed by atoms with Crippen LogP contribution in [-0.4, -0.2) is 24.1 Å². The monoisotopic (exact) mass is 199 g/mol. The molecule has 0 N–H and O–H groups in total. The summed E-state index contributed by atoms with van der Waals surface area (Å²) in [5, 5.41) is 8.41. The van der Waals surface area contributed by atoms with Crippen molar-refractivity contribution in [2.45, 2.75) is 18.6 Å². The minimum absolute atomic E-state index is 0.211. The van der Waals surface area contributed by atoms with E-state index < -0.39 is 5.97 Å². The molecule has 0 amide bonds. The standard InChI is InChI=1S/C9H13NO2S/c1-4-12-9(11)7(2)5-8(6-10)13-3/h8H,2,4-5H2,1,3H3. The first-order valence-electron chi connectivity index (χ1n) is 3.93. The van der Waals surface area contributed by atoms with Gasteiger partial charge in [0.15, 0.2) is 0 Å². The van der Waals surface area contributed by atoms with Gasteiger partial charge >= 0.3 is 5.97 Å². The van der Waals surface area contributed by atoms with E-state index in [4.69, 9.17) is 10.00 Å². The average Bonchev–Trinajstić information content (AvgIpc) is 2.14. The second-order valence-corrected chi connectivity index (χ2v) is 3.42. The number of nitriles is 1. The Hall–Kier alpha value is -0.950. The molecule has 3 nitrogen and oxygen atoms in total. The van der Waals surface area contributed by atoms with E-state index >= 15 is 0 Å². The van der Waals surface area contributed by atoms with Crippen molar-refractivity contribution in [1.29, 1.82) is 5.26 Å². The van der Waals surface area contributed by atoms with Crippen LogP contribution >= 0.6 is 11.8 Å². The molecular formula is C9H13NO2S. The predicted octanol–water partition coefficient (Wildman–Crippen LogP) is 1.75. The molecule has 0 spiro atoms. The largest absolute Gasteiger partial charge is 0.463 e. The Balaban J connectivity index is 4.00. The first kappa shape index (κ1) is 12.0. The van der Waals surface area contributed by atoms with Gasteiger partial charge in [0.25, 0.3) is 0 Å². The van der Waals surface area contributed by atoms with Crippen molar-refractivity contribution in [1.82, 2.24) is 0 Å². The number of hydrogen-bond donors (Lipinski definition) is 0. The van der Waals surface area contributed by atoms with Gasteiger partial charge in [-0.25, -0.2) is 4.79 Å². The van der Waals surface area contributed by atoms with Crippen LogP contribution in [0, 0.1) is 11.3 Å². The zero-order valence-electron chi connectivity index (χ0n) is 7.87. The number of thioether (sulfide) groups is 1. The highest BCUT2D eigenvalue weighted by molar-refractivity contribution is 7.99. The summed E-state index contributed by atoms with van der Waals surface area (Å²) < 4.78 is 4.74. The van der Waals surface area contributed by atoms with Gasteiger partial charge in [-0.15, -0.1) is 11.8 Å². The average molecular weight is 199 g/mol. The smallest absolute Gasteiger partial charge is 0.333 e. The third kappa shape index (κ3) is 4.58. The van der Waals surface area contributed by atoms with Crippen LogP contribution in [0.25, 0.3) is 0 Å². The van der Waals surface area contributed by atoms with Crippen molar-refractivity contribution in [3.63, 3.8) is 0 Å². The molecular weight excluding hydrogens is 186 g/mol. The number of rotatable bonds is 5. The third-order valence-electron chi connectivity index (χ3n) is 1.42. The summed E-state index contributed by atoms with van der Waals surface area (Å²) in [7, 11) is 0. The van der Waals surface area contributed by atoms with Gasteiger partial charge in [-0.2, -0.15) is 5.26 Å². The first-order chi connectivity index (χ1) is 6.15. The van der Waals surface area contributed by atoms with Crippen molar-refractivity contribution in [2.24, 2.45) is 0 Å². The van der Waals surface area contributed by atoms with Gasteiger partial charge in [-0.3, -0.25) is 0 Å². The molecule has 1 unspecified atom stereocenters. The maximum atomic E-state index is 11.1. The highest BCUT2D eigenvalue weighted by Crippen LogP contribution is 2.15. The van der Waals surface area contributed by atoms with E-state index in [0.29, 0.717) is 18.6 Å². The summed E-state index contributed by atoms with van der Waals surface area (Å²) in [5.41, 5.74) is 0.364. The minimum Gasteiger partial charge on any atom is -0.463 e. The fourth-order valence-electron chi connectivity index (χ4n) is 0.722. The number of carbonyl (C=O) groups excluding carboxylic acids is 1. The van der Waals surface area contributed by atoms with Gasteiger partial charge < -0.3 is 4.74 Å². The maximum absolute atomic E-state index is 11.1. The topological polar surface area (TPSA) is 50.1 Å². The van der Waals surface area contributed by atoms with E-state index in [1.807, 2.05) is 6.26 Å². The van der Waals surface area contributed by atoms with Crippen LogP contribution in [0.2, 0.25) is 0 Å². The molecule has 1 atom stereocenters. The highest BCUT2D eigenvalue weighted by atomic mass is 32.2. The number of ether oxygens (including phenoxy) is 1. The van der Waals surface area contributed by atoms with E-state index in [1.165, 1.54) is 11.8 Å². The molecule has 0 fully saturated rings. The Kier molecular flexibility index (Phi) is 6.07. The van der Waals surface area contributed by atoms with Gasteiger partial charge in [-0.05, 0) is 13.2 Å². The lowest BCUT2D eigenvalue weighted by Gasteiger charge is -2.07. The number of hydrogen-bond acceptors (Lipinski definition) is 4. The molecule has 0 rings (SSSR count). The lowest BCUT2D eigenvalue weighted by molar-refractivity contribution is -0.138. The molecule has 0 aromatic heterocycles. The molecule has 0 aliphatic heterocycles. The molecule has 72 valence electrons. The van der Waals surface area contributed by atoms with Crippen LogP contribution in [0.5, 0.6) is 0 Å². The third-order valence-corrected chi connectivity index (χ3v) is 2.27. The molecule has 0 bridgehead atoms. The van der Waals surface area contributed by atoms with Gasteiger partial charge in [0.1, 0.15) is 0 Å². The summed E-state index contributed by atoms with van der Waals surface area (Å²) >= 11 is 1.40. The van der Waals surface area contributed by atoms with Gasteiger partial charge in [0, 0.05) is 12.0 Å². The second-order valence-electron chi connectivity index (χ2n) is 2.38. The normalized spacial score (nSPS) is 11.5. The lowest BCUT2D eigenvalue weighted by Crippen LogP contribution is -2.11. The first-order valence-corrected chi connectivity index (χ1v) is 5.21. The Morgan fingerprint density at radius 2 is 2.38 bits per heavy atom. The maximum Gasteiger partial charge on any atom is 0.333 e.